The van der Waals surface area contributed by atoms with Crippen LogP contribution in [-0.2, 0) is 14.3 Å². The van der Waals surface area contributed by atoms with Crippen molar-refractivity contribution in [1.29, 1.82) is 0 Å². The van der Waals surface area contributed by atoms with Crippen LogP contribution in [0.15, 0.2) is 0 Å². The van der Waals surface area contributed by atoms with E-state index in [1.54, 1.807) is 0 Å². The van der Waals surface area contributed by atoms with E-state index in [1.165, 1.54) is 0 Å². The van der Waals surface area contributed by atoms with Crippen LogP contribution in [0.25, 0.3) is 0 Å². The van der Waals surface area contributed by atoms with Crippen LogP contribution in [0.5, 0.6) is 0 Å². The summed E-state index contributed by atoms with van der Waals surface area (Å²) in [5.41, 5.74) is 0. The molecule has 0 aromatic heterocycles. The number of hydrogen-bond acceptors (Lipinski definition) is 3. The lowest BCUT2D eigenvalue weighted by molar-refractivity contribution is -0.109. The second-order valence-electron chi connectivity index (χ2n) is 2.88. The molecule has 0 radical (unpaired) electrons. The van der Waals surface area contributed by atoms with Crippen molar-refractivity contribution in [3.8, 4) is 0 Å². The molecule has 0 aliphatic carbocycles. The Balaban J connectivity index is 0.000000671. The van der Waals surface area contributed by atoms with Gasteiger partial charge in [0.1, 0.15) is 6.29 Å². The maximum Gasteiger partial charge on any atom is 0.122 e. The SMILES string of the molecule is CC.C[C@H]1COCC1OCCC=O. The Morgan fingerprint density at radius 3 is 2.62 bits per heavy atom. The highest BCUT2D eigenvalue weighted by Gasteiger charge is 2.24. The highest BCUT2D eigenvalue weighted by atomic mass is 16.5. The van der Waals surface area contributed by atoms with Gasteiger partial charge in [0, 0.05) is 12.3 Å². The van der Waals surface area contributed by atoms with Crippen LogP contribution in [0.4, 0.5) is 0 Å². The molecule has 1 heterocycles. The van der Waals surface area contributed by atoms with Crippen LogP contribution in [0.1, 0.15) is 27.2 Å². The van der Waals surface area contributed by atoms with Crippen LogP contribution in [0.3, 0.4) is 0 Å². The molecule has 0 bridgehead atoms. The highest BCUT2D eigenvalue weighted by Crippen LogP contribution is 2.15. The highest BCUT2D eigenvalue weighted by molar-refractivity contribution is 5.49. The van der Waals surface area contributed by atoms with Gasteiger partial charge in [0.25, 0.3) is 0 Å². The third kappa shape index (κ3) is 5.01. The van der Waals surface area contributed by atoms with Gasteiger partial charge >= 0.3 is 0 Å². The van der Waals surface area contributed by atoms with Crippen LogP contribution in [0, 0.1) is 5.92 Å². The number of ether oxygens (including phenoxy) is 2. The largest absolute Gasteiger partial charge is 0.378 e. The summed E-state index contributed by atoms with van der Waals surface area (Å²) in [6.07, 6.45) is 1.57. The van der Waals surface area contributed by atoms with E-state index in [2.05, 4.69) is 6.92 Å². The number of aldehydes is 1. The fourth-order valence-corrected chi connectivity index (χ4v) is 1.12. The molecule has 1 aliphatic rings. The minimum atomic E-state index is 0.204. The van der Waals surface area contributed by atoms with Gasteiger partial charge in [0.05, 0.1) is 25.9 Å². The van der Waals surface area contributed by atoms with Crippen molar-refractivity contribution in [3.05, 3.63) is 0 Å². The summed E-state index contributed by atoms with van der Waals surface area (Å²) in [5, 5.41) is 0. The van der Waals surface area contributed by atoms with Crippen molar-refractivity contribution < 1.29 is 14.3 Å². The van der Waals surface area contributed by atoms with Gasteiger partial charge in [-0.2, -0.15) is 0 Å². The second-order valence-corrected chi connectivity index (χ2v) is 2.88. The Morgan fingerprint density at radius 2 is 2.15 bits per heavy atom. The van der Waals surface area contributed by atoms with Gasteiger partial charge in [0.2, 0.25) is 0 Å². The smallest absolute Gasteiger partial charge is 0.122 e. The predicted molar refractivity (Wildman–Crippen MR) is 51.8 cm³/mol. The predicted octanol–water partition coefficient (Wildman–Crippen LogP) is 1.65. The minimum absolute atomic E-state index is 0.204. The van der Waals surface area contributed by atoms with Gasteiger partial charge in [-0.1, -0.05) is 20.8 Å². The zero-order chi connectivity index (χ0) is 10.1. The molecule has 1 rings (SSSR count). The summed E-state index contributed by atoms with van der Waals surface area (Å²) in [6.45, 7) is 8.09. The van der Waals surface area contributed by atoms with Gasteiger partial charge < -0.3 is 14.3 Å². The fraction of sp³-hybridized carbons (Fsp3) is 0.900. The molecule has 0 aromatic carbocycles. The molecular formula is C10H20O3. The molecule has 3 heteroatoms. The van der Waals surface area contributed by atoms with Crippen molar-refractivity contribution in [3.63, 3.8) is 0 Å². The van der Waals surface area contributed by atoms with Gasteiger partial charge in [-0.25, -0.2) is 0 Å². The summed E-state index contributed by atoms with van der Waals surface area (Å²) < 4.78 is 10.6. The molecule has 3 nitrogen and oxygen atoms in total. The summed E-state index contributed by atoms with van der Waals surface area (Å²) in [6, 6.07) is 0. The molecule has 78 valence electrons. The van der Waals surface area contributed by atoms with Crippen LogP contribution in [0.2, 0.25) is 0 Å². The van der Waals surface area contributed by atoms with E-state index in [-0.39, 0.29) is 6.10 Å². The minimum Gasteiger partial charge on any atom is -0.378 e. The normalized spacial score (nSPS) is 26.4. The van der Waals surface area contributed by atoms with E-state index in [1.807, 2.05) is 13.8 Å². The van der Waals surface area contributed by atoms with E-state index in [4.69, 9.17) is 9.47 Å². The van der Waals surface area contributed by atoms with E-state index in [9.17, 15) is 4.79 Å². The molecule has 0 aromatic rings. The molecule has 2 atom stereocenters. The van der Waals surface area contributed by atoms with Gasteiger partial charge in [-0.15, -0.1) is 0 Å². The third-order valence-electron chi connectivity index (χ3n) is 1.87. The Bertz CT molecular complexity index is 125. The lowest BCUT2D eigenvalue weighted by Crippen LogP contribution is -2.20. The molecule has 0 amide bonds. The Labute approximate surface area is 80.4 Å². The van der Waals surface area contributed by atoms with E-state index >= 15 is 0 Å². The lowest BCUT2D eigenvalue weighted by atomic mass is 10.1. The summed E-state index contributed by atoms with van der Waals surface area (Å²) in [7, 11) is 0. The lowest BCUT2D eigenvalue weighted by Gasteiger charge is -2.12. The number of hydrogen-bond donors (Lipinski definition) is 0. The fourth-order valence-electron chi connectivity index (χ4n) is 1.12. The summed E-state index contributed by atoms with van der Waals surface area (Å²) in [5.74, 6) is 0.474. The van der Waals surface area contributed by atoms with Gasteiger partial charge in [-0.3, -0.25) is 0 Å². The van der Waals surface area contributed by atoms with E-state index < -0.39 is 0 Å². The Kier molecular flexibility index (Phi) is 7.94. The average Bonchev–Trinajstić information content (AvgIpc) is 2.56. The Hall–Kier alpha value is -0.410. The third-order valence-corrected chi connectivity index (χ3v) is 1.87. The molecule has 0 spiro atoms. The zero-order valence-electron chi connectivity index (χ0n) is 8.79. The molecular weight excluding hydrogens is 168 g/mol. The number of rotatable bonds is 4. The monoisotopic (exact) mass is 188 g/mol. The Morgan fingerprint density at radius 1 is 1.46 bits per heavy atom. The molecule has 1 fully saturated rings. The maximum absolute atomic E-state index is 9.95. The van der Waals surface area contributed by atoms with Crippen LogP contribution >= 0.6 is 0 Å². The first-order valence-corrected chi connectivity index (χ1v) is 4.97. The van der Waals surface area contributed by atoms with Gasteiger partial charge in [0.15, 0.2) is 0 Å². The first-order chi connectivity index (χ1) is 6.34. The van der Waals surface area contributed by atoms with E-state index in [0.717, 1.165) is 12.9 Å². The number of carbonyl (C=O) groups is 1. The maximum atomic E-state index is 9.95. The second kappa shape index (κ2) is 8.20. The standard InChI is InChI=1S/C8H14O3.C2H6/c1-7-5-10-6-8(7)11-4-2-3-9;1-2/h3,7-8H,2,4-6H2,1H3;1-2H3/t7-,8?;/m0./s1. The molecule has 0 saturated carbocycles. The molecule has 1 aliphatic heterocycles. The first-order valence-electron chi connectivity index (χ1n) is 4.97. The molecule has 1 saturated heterocycles. The van der Waals surface area contributed by atoms with E-state index in [0.29, 0.717) is 25.6 Å². The molecule has 1 unspecified atom stereocenters. The quantitative estimate of drug-likeness (QED) is 0.497. The summed E-state index contributed by atoms with van der Waals surface area (Å²) >= 11 is 0. The topological polar surface area (TPSA) is 35.5 Å². The first kappa shape index (κ1) is 12.6. The van der Waals surface area contributed by atoms with Crippen molar-refractivity contribution >= 4 is 6.29 Å². The van der Waals surface area contributed by atoms with Crippen LogP contribution in [-0.4, -0.2) is 32.2 Å². The van der Waals surface area contributed by atoms with Crippen molar-refractivity contribution in [2.75, 3.05) is 19.8 Å². The van der Waals surface area contributed by atoms with Crippen molar-refractivity contribution in [1.82, 2.24) is 0 Å². The molecule has 13 heavy (non-hydrogen) atoms. The van der Waals surface area contributed by atoms with Crippen molar-refractivity contribution in [2.24, 2.45) is 5.92 Å². The van der Waals surface area contributed by atoms with Crippen LogP contribution < -0.4 is 0 Å². The average molecular weight is 188 g/mol. The van der Waals surface area contributed by atoms with Crippen molar-refractivity contribution in [2.45, 2.75) is 33.3 Å². The molecule has 0 N–H and O–H groups in total. The van der Waals surface area contributed by atoms with Gasteiger partial charge in [-0.05, 0) is 0 Å². The number of carbonyl (C=O) groups excluding carboxylic acids is 1. The summed E-state index contributed by atoms with van der Waals surface area (Å²) in [4.78, 5) is 9.95. The zero-order valence-corrected chi connectivity index (χ0v) is 8.79.